The molecule has 20 heavy (non-hydrogen) atoms. The summed E-state index contributed by atoms with van der Waals surface area (Å²) in [5.74, 6) is -0.261. The van der Waals surface area contributed by atoms with E-state index in [1.54, 1.807) is 11.0 Å². The molecular formula is C14H20N2O3S. The zero-order valence-electron chi connectivity index (χ0n) is 12.0. The Balaban J connectivity index is 1.78. The highest BCUT2D eigenvalue weighted by Gasteiger charge is 2.45. The Morgan fingerprint density at radius 3 is 2.60 bits per heavy atom. The minimum atomic E-state index is -0.773. The van der Waals surface area contributed by atoms with E-state index in [1.165, 1.54) is 11.3 Å². The number of likely N-dealkylation sites (tertiary alicyclic amines) is 1. The molecule has 0 saturated carbocycles. The largest absolute Gasteiger partial charge is 0.386 e. The molecule has 1 fully saturated rings. The maximum atomic E-state index is 11.9. The number of carbonyl (C=O) groups excluding carboxylic acids is 2. The lowest BCUT2D eigenvalue weighted by Gasteiger charge is -2.49. The summed E-state index contributed by atoms with van der Waals surface area (Å²) < 4.78 is 0. The standard InChI is InChI=1S/C14H20N2O3S/c1-9(2)14(19)7-16(8-14)12(17)6-15-13(18)11-5-4-10(3)20-11/h4-5,9,19H,6-8H2,1-3H3,(H,15,18). The molecule has 1 aromatic heterocycles. The molecule has 1 aliphatic heterocycles. The fourth-order valence-electron chi connectivity index (χ4n) is 2.07. The van der Waals surface area contributed by atoms with Crippen LogP contribution in [0.2, 0.25) is 0 Å². The van der Waals surface area contributed by atoms with Crippen molar-refractivity contribution in [3.63, 3.8) is 0 Å². The van der Waals surface area contributed by atoms with E-state index in [0.717, 1.165) is 4.88 Å². The van der Waals surface area contributed by atoms with Gasteiger partial charge in [-0.1, -0.05) is 13.8 Å². The van der Waals surface area contributed by atoms with Crippen LogP contribution in [0.15, 0.2) is 12.1 Å². The van der Waals surface area contributed by atoms with Crippen LogP contribution in [0.5, 0.6) is 0 Å². The number of thiophene rings is 1. The van der Waals surface area contributed by atoms with Crippen molar-refractivity contribution in [1.29, 1.82) is 0 Å². The second-order valence-corrected chi connectivity index (χ2v) is 6.89. The van der Waals surface area contributed by atoms with Gasteiger partial charge < -0.3 is 15.3 Å². The Bertz CT molecular complexity index is 518. The van der Waals surface area contributed by atoms with Crippen LogP contribution in [0.3, 0.4) is 0 Å². The topological polar surface area (TPSA) is 69.6 Å². The zero-order chi connectivity index (χ0) is 14.9. The Morgan fingerprint density at radius 1 is 1.45 bits per heavy atom. The summed E-state index contributed by atoms with van der Waals surface area (Å²) in [6.07, 6.45) is 0. The van der Waals surface area contributed by atoms with Crippen molar-refractivity contribution in [2.75, 3.05) is 19.6 Å². The van der Waals surface area contributed by atoms with Gasteiger partial charge in [0.05, 0.1) is 24.5 Å². The van der Waals surface area contributed by atoms with E-state index in [9.17, 15) is 14.7 Å². The molecule has 0 spiro atoms. The molecule has 2 heterocycles. The number of aliphatic hydroxyl groups is 1. The molecule has 110 valence electrons. The first-order valence-corrected chi connectivity index (χ1v) is 7.48. The molecular weight excluding hydrogens is 276 g/mol. The monoisotopic (exact) mass is 296 g/mol. The fourth-order valence-corrected chi connectivity index (χ4v) is 2.85. The summed E-state index contributed by atoms with van der Waals surface area (Å²) in [7, 11) is 0. The number of rotatable bonds is 4. The average Bonchev–Trinajstić information content (AvgIpc) is 2.78. The van der Waals surface area contributed by atoms with E-state index in [4.69, 9.17) is 0 Å². The summed E-state index contributed by atoms with van der Waals surface area (Å²) in [5.41, 5.74) is -0.773. The van der Waals surface area contributed by atoms with Gasteiger partial charge in [-0.3, -0.25) is 9.59 Å². The van der Waals surface area contributed by atoms with Crippen LogP contribution in [0.1, 0.15) is 28.4 Å². The van der Waals surface area contributed by atoms with Crippen LogP contribution in [0.25, 0.3) is 0 Å². The molecule has 0 radical (unpaired) electrons. The molecule has 0 aromatic carbocycles. The molecule has 2 amide bonds. The number of carbonyl (C=O) groups is 2. The van der Waals surface area contributed by atoms with Crippen molar-refractivity contribution >= 4 is 23.2 Å². The molecule has 1 aromatic rings. The predicted molar refractivity (Wildman–Crippen MR) is 77.8 cm³/mol. The highest BCUT2D eigenvalue weighted by molar-refractivity contribution is 7.13. The Hall–Kier alpha value is -1.40. The van der Waals surface area contributed by atoms with Gasteiger partial charge in [-0.2, -0.15) is 0 Å². The Kier molecular flexibility index (Phi) is 4.15. The molecule has 0 atom stereocenters. The van der Waals surface area contributed by atoms with Gasteiger partial charge in [-0.05, 0) is 25.0 Å². The number of β-amino-alcohol motifs (C(OH)–C–C–N with tert-alkyl or cyclic N) is 1. The van der Waals surface area contributed by atoms with E-state index < -0.39 is 5.60 Å². The smallest absolute Gasteiger partial charge is 0.261 e. The molecule has 1 aliphatic rings. The van der Waals surface area contributed by atoms with Crippen molar-refractivity contribution < 1.29 is 14.7 Å². The summed E-state index contributed by atoms with van der Waals surface area (Å²) in [6.45, 7) is 6.46. The second kappa shape index (κ2) is 5.54. The first kappa shape index (κ1) is 15.0. The Labute approximate surface area is 122 Å². The molecule has 2 rings (SSSR count). The minimum Gasteiger partial charge on any atom is -0.386 e. The van der Waals surface area contributed by atoms with Crippen LogP contribution in [0.4, 0.5) is 0 Å². The second-order valence-electron chi connectivity index (χ2n) is 5.60. The summed E-state index contributed by atoms with van der Waals surface area (Å²) >= 11 is 1.40. The van der Waals surface area contributed by atoms with Gasteiger partial charge in [0.2, 0.25) is 5.91 Å². The summed E-state index contributed by atoms with van der Waals surface area (Å²) in [5, 5.41) is 12.7. The molecule has 6 heteroatoms. The molecule has 0 unspecified atom stereocenters. The number of aryl methyl sites for hydroxylation is 1. The lowest BCUT2D eigenvalue weighted by Crippen LogP contribution is -2.67. The third-order valence-corrected chi connectivity index (χ3v) is 4.72. The number of nitrogens with one attached hydrogen (secondary N) is 1. The third-order valence-electron chi connectivity index (χ3n) is 3.72. The van der Waals surface area contributed by atoms with E-state index in [2.05, 4.69) is 5.32 Å². The van der Waals surface area contributed by atoms with Gasteiger partial charge in [0, 0.05) is 4.88 Å². The number of hydrogen-bond acceptors (Lipinski definition) is 4. The normalized spacial score (nSPS) is 16.9. The van der Waals surface area contributed by atoms with E-state index in [1.807, 2.05) is 26.8 Å². The number of amides is 2. The van der Waals surface area contributed by atoms with Crippen LogP contribution < -0.4 is 5.32 Å². The fraction of sp³-hybridized carbons (Fsp3) is 0.571. The van der Waals surface area contributed by atoms with Gasteiger partial charge >= 0.3 is 0 Å². The van der Waals surface area contributed by atoms with Crippen molar-refractivity contribution in [3.05, 3.63) is 21.9 Å². The van der Waals surface area contributed by atoms with E-state index in [-0.39, 0.29) is 24.3 Å². The van der Waals surface area contributed by atoms with Crippen molar-refractivity contribution in [2.24, 2.45) is 5.92 Å². The molecule has 2 N–H and O–H groups in total. The van der Waals surface area contributed by atoms with Gasteiger partial charge in [-0.15, -0.1) is 11.3 Å². The molecule has 0 aliphatic carbocycles. The minimum absolute atomic E-state index is 0.0239. The van der Waals surface area contributed by atoms with E-state index in [0.29, 0.717) is 18.0 Å². The average molecular weight is 296 g/mol. The van der Waals surface area contributed by atoms with Crippen molar-refractivity contribution in [3.8, 4) is 0 Å². The first-order valence-electron chi connectivity index (χ1n) is 6.66. The highest BCUT2D eigenvalue weighted by atomic mass is 32.1. The van der Waals surface area contributed by atoms with Crippen molar-refractivity contribution in [2.45, 2.75) is 26.4 Å². The highest BCUT2D eigenvalue weighted by Crippen LogP contribution is 2.28. The lowest BCUT2D eigenvalue weighted by molar-refractivity contribution is -0.162. The first-order chi connectivity index (χ1) is 9.32. The van der Waals surface area contributed by atoms with Crippen LogP contribution in [0, 0.1) is 12.8 Å². The van der Waals surface area contributed by atoms with Crippen LogP contribution >= 0.6 is 11.3 Å². The van der Waals surface area contributed by atoms with E-state index >= 15 is 0 Å². The lowest BCUT2D eigenvalue weighted by atomic mass is 9.83. The number of nitrogens with zero attached hydrogens (tertiary/aromatic N) is 1. The zero-order valence-corrected chi connectivity index (χ0v) is 12.8. The number of hydrogen-bond donors (Lipinski definition) is 2. The molecule has 0 bridgehead atoms. The summed E-state index contributed by atoms with van der Waals surface area (Å²) in [4.78, 5) is 26.9. The molecule has 5 nitrogen and oxygen atoms in total. The Morgan fingerprint density at radius 2 is 2.10 bits per heavy atom. The van der Waals surface area contributed by atoms with Gasteiger partial charge in [0.1, 0.15) is 5.60 Å². The van der Waals surface area contributed by atoms with Gasteiger partial charge in [-0.25, -0.2) is 0 Å². The maximum absolute atomic E-state index is 11.9. The quantitative estimate of drug-likeness (QED) is 0.871. The molecule has 1 saturated heterocycles. The maximum Gasteiger partial charge on any atom is 0.261 e. The van der Waals surface area contributed by atoms with Gasteiger partial charge in [0.15, 0.2) is 0 Å². The van der Waals surface area contributed by atoms with Crippen LogP contribution in [-0.2, 0) is 4.79 Å². The third kappa shape index (κ3) is 3.02. The SMILES string of the molecule is Cc1ccc(C(=O)NCC(=O)N2CC(O)(C(C)C)C2)s1. The van der Waals surface area contributed by atoms with Gasteiger partial charge in [0.25, 0.3) is 5.91 Å². The van der Waals surface area contributed by atoms with Crippen molar-refractivity contribution in [1.82, 2.24) is 10.2 Å². The summed E-state index contributed by atoms with van der Waals surface area (Å²) in [6, 6.07) is 3.63. The van der Waals surface area contributed by atoms with Crippen LogP contribution in [-0.4, -0.2) is 47.1 Å². The predicted octanol–water partition coefficient (Wildman–Crippen LogP) is 1.02.